The molecule has 0 heterocycles. The molecule has 1 N–H and O–H groups in total. The van der Waals surface area contributed by atoms with E-state index in [1.54, 1.807) is 0 Å². The van der Waals surface area contributed by atoms with E-state index in [4.69, 9.17) is 9.47 Å². The monoisotopic (exact) mass is 1010 g/mol. The van der Waals surface area contributed by atoms with Crippen molar-refractivity contribution in [3.8, 4) is 0 Å². The quantitative estimate of drug-likeness (QED) is 0.0373. The van der Waals surface area contributed by atoms with Crippen LogP contribution in [0.25, 0.3) is 0 Å². The fourth-order valence-corrected chi connectivity index (χ4v) is 7.91. The topological polar surface area (TPSA) is 72.8 Å². The molecule has 73 heavy (non-hydrogen) atoms. The Morgan fingerprint density at radius 2 is 0.589 bits per heavy atom. The molecule has 0 spiro atoms. The van der Waals surface area contributed by atoms with Crippen LogP contribution in [0.2, 0.25) is 0 Å². The van der Waals surface area contributed by atoms with E-state index in [1.165, 1.54) is 109 Å². The number of hydrogen-bond donors (Lipinski definition) is 1. The second-order valence-electron chi connectivity index (χ2n) is 19.3. The molecule has 0 aromatic heterocycles. The van der Waals surface area contributed by atoms with Crippen molar-refractivity contribution in [2.45, 2.75) is 258 Å². The predicted molar refractivity (Wildman–Crippen MR) is 320 cm³/mol. The first kappa shape index (κ1) is 68.8. The Balaban J connectivity index is 3.62. The van der Waals surface area contributed by atoms with Crippen LogP contribution in [-0.4, -0.2) is 36.4 Å². The SMILES string of the molecule is CC/C=C\C/C=C\C/C=C\C/C=C\C/C=C\C/C=C\C/C=C\C/C=C\C/C=C\C/C=C\C/C=C\CCCCCCCCCC(=O)OC(CO)COC(=O)CCCCCCCCC/C=C\CCCCCCCCC. The van der Waals surface area contributed by atoms with E-state index < -0.39 is 6.10 Å². The van der Waals surface area contributed by atoms with Crippen LogP contribution < -0.4 is 0 Å². The Hall–Kier alpha value is -4.22. The molecule has 0 amide bonds. The Labute approximate surface area is 450 Å². The molecule has 0 saturated heterocycles. The zero-order chi connectivity index (χ0) is 52.7. The van der Waals surface area contributed by atoms with Gasteiger partial charge in [0.05, 0.1) is 6.61 Å². The van der Waals surface area contributed by atoms with Crippen molar-refractivity contribution in [3.63, 3.8) is 0 Å². The summed E-state index contributed by atoms with van der Waals surface area (Å²) in [6, 6.07) is 0. The van der Waals surface area contributed by atoms with Crippen molar-refractivity contribution >= 4 is 11.9 Å². The van der Waals surface area contributed by atoms with Crippen LogP contribution in [-0.2, 0) is 19.1 Å². The average molecular weight is 1010 g/mol. The van der Waals surface area contributed by atoms with E-state index in [9.17, 15) is 14.7 Å². The summed E-state index contributed by atoms with van der Waals surface area (Å²) in [7, 11) is 0. The summed E-state index contributed by atoms with van der Waals surface area (Å²) in [4.78, 5) is 24.5. The van der Waals surface area contributed by atoms with Gasteiger partial charge in [-0.3, -0.25) is 9.59 Å². The zero-order valence-corrected chi connectivity index (χ0v) is 47.1. The van der Waals surface area contributed by atoms with E-state index in [0.717, 1.165) is 116 Å². The maximum atomic E-state index is 12.3. The van der Waals surface area contributed by atoms with Gasteiger partial charge in [-0.05, 0) is 122 Å². The lowest BCUT2D eigenvalue weighted by Gasteiger charge is -2.15. The highest BCUT2D eigenvalue weighted by atomic mass is 16.6. The third kappa shape index (κ3) is 60.2. The highest BCUT2D eigenvalue weighted by molar-refractivity contribution is 5.70. The molecule has 1 unspecified atom stereocenters. The third-order valence-electron chi connectivity index (χ3n) is 12.4. The summed E-state index contributed by atoms with van der Waals surface area (Å²) in [5, 5.41) is 9.65. The van der Waals surface area contributed by atoms with Gasteiger partial charge in [0.25, 0.3) is 0 Å². The van der Waals surface area contributed by atoms with Crippen LogP contribution in [0.5, 0.6) is 0 Å². The van der Waals surface area contributed by atoms with E-state index >= 15 is 0 Å². The van der Waals surface area contributed by atoms with Crippen LogP contribution in [0, 0.1) is 0 Å². The Morgan fingerprint density at radius 1 is 0.329 bits per heavy atom. The molecule has 0 fully saturated rings. The fraction of sp³-hybridized carbons (Fsp3) is 0.618. The van der Waals surface area contributed by atoms with Gasteiger partial charge in [0, 0.05) is 12.8 Å². The molecule has 0 aliphatic heterocycles. The molecule has 0 radical (unpaired) electrons. The normalized spacial score (nSPS) is 13.3. The Morgan fingerprint density at radius 3 is 0.904 bits per heavy atom. The predicted octanol–water partition coefficient (Wildman–Crippen LogP) is 20.6. The Kier molecular flexibility index (Phi) is 58.5. The van der Waals surface area contributed by atoms with Gasteiger partial charge in [0.2, 0.25) is 0 Å². The molecule has 5 nitrogen and oxygen atoms in total. The number of ether oxygens (including phenoxy) is 2. The molecule has 5 heteroatoms. The van der Waals surface area contributed by atoms with Gasteiger partial charge in [0.1, 0.15) is 6.61 Å². The van der Waals surface area contributed by atoms with Crippen LogP contribution in [0.3, 0.4) is 0 Å². The molecule has 412 valence electrons. The summed E-state index contributed by atoms with van der Waals surface area (Å²) >= 11 is 0. The van der Waals surface area contributed by atoms with Crippen LogP contribution in [0.15, 0.2) is 146 Å². The van der Waals surface area contributed by atoms with Gasteiger partial charge in [-0.15, -0.1) is 0 Å². The van der Waals surface area contributed by atoms with Crippen molar-refractivity contribution < 1.29 is 24.2 Å². The van der Waals surface area contributed by atoms with Gasteiger partial charge in [0.15, 0.2) is 6.10 Å². The highest BCUT2D eigenvalue weighted by Crippen LogP contribution is 2.14. The highest BCUT2D eigenvalue weighted by Gasteiger charge is 2.16. The molecule has 0 aromatic rings. The lowest BCUT2D eigenvalue weighted by atomic mass is 10.1. The number of aliphatic hydroxyl groups is 1. The molecule has 0 rings (SSSR count). The van der Waals surface area contributed by atoms with Crippen molar-refractivity contribution in [3.05, 3.63) is 146 Å². The lowest BCUT2D eigenvalue weighted by Crippen LogP contribution is -2.28. The Bertz CT molecular complexity index is 1560. The minimum atomic E-state index is -0.790. The smallest absolute Gasteiger partial charge is 0.306 e. The summed E-state index contributed by atoms with van der Waals surface area (Å²) in [6.45, 7) is 4.01. The minimum absolute atomic E-state index is 0.0795. The zero-order valence-electron chi connectivity index (χ0n) is 47.1. The van der Waals surface area contributed by atoms with Crippen molar-refractivity contribution in [1.82, 2.24) is 0 Å². The number of esters is 2. The van der Waals surface area contributed by atoms with E-state index in [1.807, 2.05) is 0 Å². The van der Waals surface area contributed by atoms with E-state index in [0.29, 0.717) is 12.8 Å². The summed E-state index contributed by atoms with van der Waals surface area (Å²) in [5.41, 5.74) is 0. The number of aliphatic hydroxyl groups excluding tert-OH is 1. The number of allylic oxidation sites excluding steroid dienone is 24. The third-order valence-corrected chi connectivity index (χ3v) is 12.4. The maximum absolute atomic E-state index is 12.3. The molecule has 1 atom stereocenters. The number of hydrogen-bond acceptors (Lipinski definition) is 5. The first-order valence-electron chi connectivity index (χ1n) is 29.9. The standard InChI is InChI=1S/C68H110O5/c1-3-5-7-9-11-13-15-17-19-21-23-24-25-26-27-28-29-30-31-32-33-34-35-36-37-38-39-40-41-42-43-44-45-47-49-51-53-55-57-59-61-63-68(71)73-66(64-69)65-72-67(70)62-60-58-56-54-52-50-48-46-22-20-18-16-14-12-10-8-6-4-2/h5,7,11,13,17,19-20,22-24,26-27,29-30,32-33,35-36,38-39,41-42,44-45,66,69H,3-4,6,8-10,12,14-16,18,21,25,28,31,34,37,40,43,46-65H2,1-2H3/b7-5-,13-11-,19-17-,22-20-,24-23-,27-26-,30-29-,33-32-,36-35-,39-38-,42-41-,45-44-. The number of carbonyl (C=O) groups is 2. The maximum Gasteiger partial charge on any atom is 0.306 e. The van der Waals surface area contributed by atoms with Crippen LogP contribution >= 0.6 is 0 Å². The molecule has 0 aliphatic rings. The summed E-state index contributed by atoms with van der Waals surface area (Å²) < 4.78 is 10.7. The largest absolute Gasteiger partial charge is 0.462 e. The first-order chi connectivity index (χ1) is 36.1. The van der Waals surface area contributed by atoms with Gasteiger partial charge >= 0.3 is 11.9 Å². The van der Waals surface area contributed by atoms with Crippen molar-refractivity contribution in [1.29, 1.82) is 0 Å². The second kappa shape index (κ2) is 62.1. The number of unbranched alkanes of at least 4 members (excludes halogenated alkanes) is 21. The first-order valence-corrected chi connectivity index (χ1v) is 29.9. The van der Waals surface area contributed by atoms with Crippen molar-refractivity contribution in [2.75, 3.05) is 13.2 Å². The number of rotatable bonds is 53. The van der Waals surface area contributed by atoms with Gasteiger partial charge in [-0.2, -0.15) is 0 Å². The molecule has 0 aromatic carbocycles. The molecular weight excluding hydrogens is 897 g/mol. The fourth-order valence-electron chi connectivity index (χ4n) is 7.91. The molecular formula is C68H110O5. The van der Waals surface area contributed by atoms with Gasteiger partial charge < -0.3 is 14.6 Å². The van der Waals surface area contributed by atoms with Crippen molar-refractivity contribution in [2.24, 2.45) is 0 Å². The van der Waals surface area contributed by atoms with Gasteiger partial charge in [-0.1, -0.05) is 262 Å². The minimum Gasteiger partial charge on any atom is -0.462 e. The second-order valence-corrected chi connectivity index (χ2v) is 19.3. The van der Waals surface area contributed by atoms with Crippen LogP contribution in [0.4, 0.5) is 0 Å². The summed E-state index contributed by atoms with van der Waals surface area (Å²) in [6.07, 6.45) is 93.9. The van der Waals surface area contributed by atoms with E-state index in [-0.39, 0.29) is 25.2 Å². The average Bonchev–Trinajstić information content (AvgIpc) is 3.39. The lowest BCUT2D eigenvalue weighted by molar-refractivity contribution is -0.161. The van der Waals surface area contributed by atoms with Crippen LogP contribution in [0.1, 0.15) is 251 Å². The number of carbonyl (C=O) groups excluding carboxylic acids is 2. The molecule has 0 saturated carbocycles. The van der Waals surface area contributed by atoms with Gasteiger partial charge in [-0.25, -0.2) is 0 Å². The molecule has 0 aliphatic carbocycles. The molecule has 0 bridgehead atoms. The van der Waals surface area contributed by atoms with E-state index in [2.05, 4.69) is 160 Å². The summed E-state index contributed by atoms with van der Waals surface area (Å²) in [5.74, 6) is -0.613.